The molecule has 1 N–H and O–H groups in total. The van der Waals surface area contributed by atoms with Crippen LogP contribution in [0, 0.1) is 0 Å². The predicted octanol–water partition coefficient (Wildman–Crippen LogP) is 1.25. The third-order valence-corrected chi connectivity index (χ3v) is 6.74. The largest absolute Gasteiger partial charge is 0.313 e. The summed E-state index contributed by atoms with van der Waals surface area (Å²) in [7, 11) is -6.80. The molecule has 0 saturated carbocycles. The maximum absolute atomic E-state index is 12.4. The van der Waals surface area contributed by atoms with Gasteiger partial charge in [-0.3, -0.25) is 0 Å². The van der Waals surface area contributed by atoms with Crippen LogP contribution in [0.4, 0.5) is 0 Å². The summed E-state index contributed by atoms with van der Waals surface area (Å²) in [5, 5.41) is 2.49. The van der Waals surface area contributed by atoms with Gasteiger partial charge in [0.25, 0.3) is 0 Å². The van der Waals surface area contributed by atoms with Crippen molar-refractivity contribution in [2.45, 2.75) is 41.9 Å². The number of rotatable bonds is 6. The maximum Gasteiger partial charge on any atom is 0.182 e. The number of hydrogen-bond acceptors (Lipinski definition) is 5. The molecule has 1 aromatic carbocycles. The summed E-state index contributed by atoms with van der Waals surface area (Å²) in [6, 6.07) is 5.17. The molecular weight excluding hydrogens is 298 g/mol. The molecule has 0 aliphatic carbocycles. The number of sulfone groups is 2. The molecule has 114 valence electrons. The lowest BCUT2D eigenvalue weighted by atomic mass is 10.2. The Bertz CT molecular complexity index is 648. The summed E-state index contributed by atoms with van der Waals surface area (Å²) in [4.78, 5) is 0.256. The van der Waals surface area contributed by atoms with Crippen LogP contribution in [-0.4, -0.2) is 40.9 Å². The summed E-state index contributed by atoms with van der Waals surface area (Å²) in [6.45, 7) is 6.06. The van der Waals surface area contributed by atoms with Crippen LogP contribution in [-0.2, 0) is 19.7 Å². The van der Waals surface area contributed by atoms with E-state index in [9.17, 15) is 16.8 Å². The Labute approximate surface area is 121 Å². The van der Waals surface area contributed by atoms with Crippen molar-refractivity contribution in [2.24, 2.45) is 0 Å². The number of nitrogens with one attached hydrogen (secondary N) is 1. The molecule has 0 aromatic heterocycles. The van der Waals surface area contributed by atoms with E-state index in [4.69, 9.17) is 0 Å². The van der Waals surface area contributed by atoms with Crippen LogP contribution < -0.4 is 5.32 Å². The first-order chi connectivity index (χ1) is 9.10. The smallest absolute Gasteiger partial charge is 0.182 e. The summed E-state index contributed by atoms with van der Waals surface area (Å²) in [5.41, 5.74) is 0. The van der Waals surface area contributed by atoms with Gasteiger partial charge in [-0.2, -0.15) is 0 Å². The van der Waals surface area contributed by atoms with Crippen molar-refractivity contribution in [3.63, 3.8) is 0 Å². The standard InChI is InChI=1S/C13H21NO4S2/c1-5-14-10(2)11(3)20(17,18)13-8-6-12(7-9-13)19(4,15)16/h6-11,14H,5H2,1-4H3. The van der Waals surface area contributed by atoms with E-state index < -0.39 is 24.9 Å². The molecule has 1 aromatic rings. The molecule has 0 aliphatic heterocycles. The third kappa shape index (κ3) is 3.80. The lowest BCUT2D eigenvalue weighted by molar-refractivity contribution is 0.520. The van der Waals surface area contributed by atoms with Crippen LogP contribution >= 0.6 is 0 Å². The van der Waals surface area contributed by atoms with Gasteiger partial charge in [-0.15, -0.1) is 0 Å². The molecule has 2 atom stereocenters. The second-order valence-corrected chi connectivity index (χ2v) is 9.16. The Kier molecular flexibility index (Phi) is 5.34. The molecular formula is C13H21NO4S2. The van der Waals surface area contributed by atoms with Crippen molar-refractivity contribution in [2.75, 3.05) is 12.8 Å². The fourth-order valence-corrected chi connectivity index (χ4v) is 4.06. The highest BCUT2D eigenvalue weighted by molar-refractivity contribution is 7.92. The maximum atomic E-state index is 12.4. The van der Waals surface area contributed by atoms with Crippen LogP contribution in [0.2, 0.25) is 0 Å². The van der Waals surface area contributed by atoms with Gasteiger partial charge in [0.15, 0.2) is 19.7 Å². The minimum atomic E-state index is -3.48. The Morgan fingerprint density at radius 3 is 1.85 bits per heavy atom. The molecule has 1 rings (SSSR count). The molecule has 0 bridgehead atoms. The van der Waals surface area contributed by atoms with Gasteiger partial charge < -0.3 is 5.32 Å². The first-order valence-electron chi connectivity index (χ1n) is 6.38. The van der Waals surface area contributed by atoms with Crippen LogP contribution in [0.5, 0.6) is 0 Å². The van der Waals surface area contributed by atoms with Crippen LogP contribution in [0.15, 0.2) is 34.1 Å². The highest BCUT2D eigenvalue weighted by Crippen LogP contribution is 2.20. The number of hydrogen-bond donors (Lipinski definition) is 1. The van der Waals surface area contributed by atoms with Gasteiger partial charge in [-0.1, -0.05) is 6.92 Å². The van der Waals surface area contributed by atoms with E-state index in [-0.39, 0.29) is 15.8 Å². The first kappa shape index (κ1) is 17.1. The Hall–Kier alpha value is -0.920. The van der Waals surface area contributed by atoms with Crippen molar-refractivity contribution < 1.29 is 16.8 Å². The van der Waals surface area contributed by atoms with Gasteiger partial charge in [-0.25, -0.2) is 16.8 Å². The van der Waals surface area contributed by atoms with Crippen LogP contribution in [0.1, 0.15) is 20.8 Å². The van der Waals surface area contributed by atoms with E-state index in [0.717, 1.165) is 6.26 Å². The van der Waals surface area contributed by atoms with Gasteiger partial charge in [0.1, 0.15) is 0 Å². The minimum Gasteiger partial charge on any atom is -0.313 e. The SMILES string of the molecule is CCNC(C)C(C)S(=O)(=O)c1ccc(S(C)(=O)=O)cc1. The highest BCUT2D eigenvalue weighted by atomic mass is 32.2. The second kappa shape index (κ2) is 6.24. The summed E-state index contributed by atoms with van der Waals surface area (Å²) in [6.07, 6.45) is 1.09. The molecule has 7 heteroatoms. The van der Waals surface area contributed by atoms with E-state index in [1.165, 1.54) is 24.3 Å². The molecule has 0 heterocycles. The second-order valence-electron chi connectivity index (χ2n) is 4.84. The summed E-state index contributed by atoms with van der Waals surface area (Å²) < 4.78 is 47.6. The van der Waals surface area contributed by atoms with Crippen molar-refractivity contribution in [1.29, 1.82) is 0 Å². The Balaban J connectivity index is 3.11. The average Bonchev–Trinajstić information content (AvgIpc) is 2.37. The van der Waals surface area contributed by atoms with Crippen molar-refractivity contribution in [3.05, 3.63) is 24.3 Å². The van der Waals surface area contributed by atoms with Gasteiger partial charge in [-0.05, 0) is 44.7 Å². The monoisotopic (exact) mass is 319 g/mol. The van der Waals surface area contributed by atoms with Crippen LogP contribution in [0.25, 0.3) is 0 Å². The molecule has 0 aliphatic rings. The summed E-state index contributed by atoms with van der Waals surface area (Å²) in [5.74, 6) is 0. The zero-order chi connectivity index (χ0) is 15.6. The molecule has 0 amide bonds. The minimum absolute atomic E-state index is 0.115. The normalized spacial score (nSPS) is 15.8. The van der Waals surface area contributed by atoms with E-state index >= 15 is 0 Å². The molecule has 0 spiro atoms. The average molecular weight is 319 g/mol. The fourth-order valence-electron chi connectivity index (χ4n) is 1.85. The zero-order valence-corrected chi connectivity index (χ0v) is 13.8. The van der Waals surface area contributed by atoms with E-state index in [1.807, 2.05) is 13.8 Å². The lowest BCUT2D eigenvalue weighted by Crippen LogP contribution is -2.40. The number of benzene rings is 1. The molecule has 0 fully saturated rings. The van der Waals surface area contributed by atoms with Crippen molar-refractivity contribution >= 4 is 19.7 Å². The Morgan fingerprint density at radius 2 is 1.45 bits per heavy atom. The van der Waals surface area contributed by atoms with Gasteiger partial charge in [0.05, 0.1) is 15.0 Å². The highest BCUT2D eigenvalue weighted by Gasteiger charge is 2.28. The van der Waals surface area contributed by atoms with Gasteiger partial charge in [0, 0.05) is 12.3 Å². The topological polar surface area (TPSA) is 80.3 Å². The zero-order valence-electron chi connectivity index (χ0n) is 12.1. The van der Waals surface area contributed by atoms with Crippen LogP contribution in [0.3, 0.4) is 0 Å². The van der Waals surface area contributed by atoms with Gasteiger partial charge >= 0.3 is 0 Å². The molecule has 20 heavy (non-hydrogen) atoms. The third-order valence-electron chi connectivity index (χ3n) is 3.30. The first-order valence-corrected chi connectivity index (χ1v) is 9.82. The summed E-state index contributed by atoms with van der Waals surface area (Å²) >= 11 is 0. The van der Waals surface area contributed by atoms with Gasteiger partial charge in [0.2, 0.25) is 0 Å². The van der Waals surface area contributed by atoms with E-state index in [1.54, 1.807) is 6.92 Å². The Morgan fingerprint density at radius 1 is 1.00 bits per heavy atom. The lowest BCUT2D eigenvalue weighted by Gasteiger charge is -2.21. The molecule has 5 nitrogen and oxygen atoms in total. The van der Waals surface area contributed by atoms with Crippen molar-refractivity contribution in [3.8, 4) is 0 Å². The molecule has 0 saturated heterocycles. The van der Waals surface area contributed by atoms with E-state index in [0.29, 0.717) is 6.54 Å². The quantitative estimate of drug-likeness (QED) is 0.853. The molecule has 0 radical (unpaired) electrons. The fraction of sp³-hybridized carbons (Fsp3) is 0.538. The molecule has 2 unspecified atom stereocenters. The predicted molar refractivity (Wildman–Crippen MR) is 79.3 cm³/mol. The van der Waals surface area contributed by atoms with Crippen molar-refractivity contribution in [1.82, 2.24) is 5.32 Å². The van der Waals surface area contributed by atoms with E-state index in [2.05, 4.69) is 5.32 Å².